The summed E-state index contributed by atoms with van der Waals surface area (Å²) in [6.45, 7) is 2.20. The Hall–Kier alpha value is -3.25. The molecule has 0 unspecified atom stereocenters. The van der Waals surface area contributed by atoms with Gasteiger partial charge >= 0.3 is 12.1 Å². The molecule has 1 amide bonds. The summed E-state index contributed by atoms with van der Waals surface area (Å²) in [5.74, 6) is -0.412. The minimum Gasteiger partial charge on any atom is -0.481 e. The second kappa shape index (κ2) is 9.27. The molecule has 1 aliphatic rings. The maximum atomic E-state index is 12.6. The van der Waals surface area contributed by atoms with Crippen LogP contribution in [-0.2, 0) is 9.53 Å². The fraction of sp³-hybridized carbons (Fsp3) is 0.200. The Labute approximate surface area is 185 Å². The Bertz CT molecular complexity index is 1080. The van der Waals surface area contributed by atoms with Crippen LogP contribution in [0.3, 0.4) is 0 Å². The number of ether oxygens (including phenoxy) is 1. The standard InChI is InChI=1S/C25H23NO4S/c1-16-10-11-22(23(14-16)31-13-12-24(27)28)26-25(29)30-15-21-19-8-4-2-6-17(19)18-7-3-5-9-20(18)21/h2-11,14,21H,12-13,15H2,1H3,(H,26,29)(H,27,28). The molecule has 0 fully saturated rings. The maximum absolute atomic E-state index is 12.6. The molecule has 4 rings (SSSR count). The van der Waals surface area contributed by atoms with Crippen LogP contribution in [0.2, 0.25) is 0 Å². The monoisotopic (exact) mass is 433 g/mol. The Morgan fingerprint density at radius 2 is 1.65 bits per heavy atom. The summed E-state index contributed by atoms with van der Waals surface area (Å²) in [5, 5.41) is 11.7. The van der Waals surface area contributed by atoms with Crippen LogP contribution < -0.4 is 5.32 Å². The first kappa shape index (κ1) is 21.0. The summed E-state index contributed by atoms with van der Waals surface area (Å²) in [6.07, 6.45) is -0.464. The Morgan fingerprint density at radius 3 is 2.29 bits per heavy atom. The molecular weight excluding hydrogens is 410 g/mol. The van der Waals surface area contributed by atoms with E-state index in [0.717, 1.165) is 21.6 Å². The summed E-state index contributed by atoms with van der Waals surface area (Å²) in [6, 6.07) is 22.1. The van der Waals surface area contributed by atoms with E-state index in [1.54, 1.807) is 0 Å². The molecule has 0 saturated heterocycles. The van der Waals surface area contributed by atoms with Crippen molar-refractivity contribution in [2.24, 2.45) is 0 Å². The predicted octanol–water partition coefficient (Wildman–Crippen LogP) is 5.92. The first-order chi connectivity index (χ1) is 15.0. The fourth-order valence-corrected chi connectivity index (χ4v) is 4.89. The Morgan fingerprint density at radius 1 is 1.00 bits per heavy atom. The summed E-state index contributed by atoms with van der Waals surface area (Å²) in [7, 11) is 0. The normalized spacial score (nSPS) is 12.2. The number of benzene rings is 3. The fourth-order valence-electron chi connectivity index (χ4n) is 3.84. The van der Waals surface area contributed by atoms with Gasteiger partial charge in [0.2, 0.25) is 0 Å². The number of aryl methyl sites for hydroxylation is 1. The molecule has 0 aliphatic heterocycles. The largest absolute Gasteiger partial charge is 0.481 e. The molecule has 158 valence electrons. The topological polar surface area (TPSA) is 75.6 Å². The molecule has 0 radical (unpaired) electrons. The lowest BCUT2D eigenvalue weighted by molar-refractivity contribution is -0.136. The number of rotatable bonds is 7. The van der Waals surface area contributed by atoms with Crippen LogP contribution in [0.5, 0.6) is 0 Å². The second-order valence-electron chi connectivity index (χ2n) is 7.44. The van der Waals surface area contributed by atoms with Gasteiger partial charge in [0.15, 0.2) is 0 Å². The minimum absolute atomic E-state index is 0.000537. The molecule has 3 aromatic carbocycles. The number of amides is 1. The third-order valence-electron chi connectivity index (χ3n) is 5.29. The van der Waals surface area contributed by atoms with E-state index in [1.165, 1.54) is 22.9 Å². The van der Waals surface area contributed by atoms with E-state index in [-0.39, 0.29) is 18.9 Å². The van der Waals surface area contributed by atoms with Gasteiger partial charge in [0, 0.05) is 16.6 Å². The average molecular weight is 434 g/mol. The SMILES string of the molecule is Cc1ccc(NC(=O)OCC2c3ccccc3-c3ccccc32)c(SCCC(=O)O)c1. The van der Waals surface area contributed by atoms with Crippen LogP contribution in [0.25, 0.3) is 11.1 Å². The predicted molar refractivity (Wildman–Crippen MR) is 123 cm³/mol. The number of anilines is 1. The molecule has 0 heterocycles. The molecule has 1 aliphatic carbocycles. The van der Waals surface area contributed by atoms with E-state index in [4.69, 9.17) is 9.84 Å². The molecule has 31 heavy (non-hydrogen) atoms. The molecule has 0 spiro atoms. The number of aliphatic carboxylic acids is 1. The number of carboxylic acids is 1. The van der Waals surface area contributed by atoms with Crippen molar-refractivity contribution in [3.05, 3.63) is 83.4 Å². The van der Waals surface area contributed by atoms with Crippen LogP contribution in [0.4, 0.5) is 10.5 Å². The van der Waals surface area contributed by atoms with Gasteiger partial charge in [-0.3, -0.25) is 10.1 Å². The Kier molecular flexibility index (Phi) is 6.28. The third-order valence-corrected chi connectivity index (χ3v) is 6.35. The zero-order valence-electron chi connectivity index (χ0n) is 17.1. The minimum atomic E-state index is -0.841. The van der Waals surface area contributed by atoms with Gasteiger partial charge in [0.1, 0.15) is 6.61 Å². The molecule has 2 N–H and O–H groups in total. The highest BCUT2D eigenvalue weighted by atomic mass is 32.2. The van der Waals surface area contributed by atoms with Crippen molar-refractivity contribution in [1.29, 1.82) is 0 Å². The van der Waals surface area contributed by atoms with Gasteiger partial charge in [-0.15, -0.1) is 11.8 Å². The zero-order chi connectivity index (χ0) is 21.8. The van der Waals surface area contributed by atoms with Crippen molar-refractivity contribution in [3.8, 4) is 11.1 Å². The van der Waals surface area contributed by atoms with E-state index in [9.17, 15) is 9.59 Å². The lowest BCUT2D eigenvalue weighted by atomic mass is 9.98. The van der Waals surface area contributed by atoms with Crippen molar-refractivity contribution in [2.45, 2.75) is 24.2 Å². The van der Waals surface area contributed by atoms with E-state index < -0.39 is 12.1 Å². The molecule has 3 aromatic rings. The van der Waals surface area contributed by atoms with Crippen molar-refractivity contribution in [1.82, 2.24) is 0 Å². The number of thioether (sulfide) groups is 1. The summed E-state index contributed by atoms with van der Waals surface area (Å²) < 4.78 is 5.62. The average Bonchev–Trinajstić information content (AvgIpc) is 3.08. The lowest BCUT2D eigenvalue weighted by Crippen LogP contribution is -2.18. The molecule has 5 nitrogen and oxygen atoms in total. The molecule has 0 saturated carbocycles. The van der Waals surface area contributed by atoms with Gasteiger partial charge in [0.05, 0.1) is 12.1 Å². The number of carboxylic acid groups (broad SMARTS) is 1. The quantitative estimate of drug-likeness (QED) is 0.452. The maximum Gasteiger partial charge on any atom is 0.411 e. The van der Waals surface area contributed by atoms with Crippen molar-refractivity contribution in [2.75, 3.05) is 17.7 Å². The molecule has 0 aromatic heterocycles. The van der Waals surface area contributed by atoms with Gasteiger partial charge in [-0.2, -0.15) is 0 Å². The molecule has 6 heteroatoms. The Balaban J connectivity index is 1.44. The number of hydrogen-bond acceptors (Lipinski definition) is 4. The molecular formula is C25H23NO4S. The highest BCUT2D eigenvalue weighted by Crippen LogP contribution is 2.44. The van der Waals surface area contributed by atoms with E-state index in [1.807, 2.05) is 49.4 Å². The third kappa shape index (κ3) is 4.75. The highest BCUT2D eigenvalue weighted by molar-refractivity contribution is 7.99. The van der Waals surface area contributed by atoms with Gasteiger partial charge in [-0.1, -0.05) is 54.6 Å². The van der Waals surface area contributed by atoms with Crippen LogP contribution in [-0.4, -0.2) is 29.5 Å². The number of carbonyl (C=O) groups is 2. The van der Waals surface area contributed by atoms with E-state index in [2.05, 4.69) is 29.6 Å². The van der Waals surface area contributed by atoms with Crippen LogP contribution in [0, 0.1) is 6.92 Å². The summed E-state index contributed by atoms with van der Waals surface area (Å²) in [5.41, 5.74) is 6.35. The number of fused-ring (bicyclic) bond motifs is 3. The van der Waals surface area contributed by atoms with Crippen molar-refractivity contribution >= 4 is 29.5 Å². The van der Waals surface area contributed by atoms with Gasteiger partial charge in [-0.05, 0) is 46.9 Å². The molecule has 0 bridgehead atoms. The van der Waals surface area contributed by atoms with Gasteiger partial charge in [0.25, 0.3) is 0 Å². The van der Waals surface area contributed by atoms with E-state index in [0.29, 0.717) is 11.4 Å². The highest BCUT2D eigenvalue weighted by Gasteiger charge is 2.29. The zero-order valence-corrected chi connectivity index (χ0v) is 17.9. The summed E-state index contributed by atoms with van der Waals surface area (Å²) in [4.78, 5) is 24.2. The van der Waals surface area contributed by atoms with Crippen LogP contribution in [0.1, 0.15) is 29.0 Å². The van der Waals surface area contributed by atoms with Crippen LogP contribution >= 0.6 is 11.8 Å². The first-order valence-corrected chi connectivity index (χ1v) is 11.1. The molecule has 0 atom stereocenters. The first-order valence-electron chi connectivity index (χ1n) is 10.1. The lowest BCUT2D eigenvalue weighted by Gasteiger charge is -2.16. The van der Waals surface area contributed by atoms with Crippen molar-refractivity contribution < 1.29 is 19.4 Å². The van der Waals surface area contributed by atoms with Gasteiger partial charge in [-0.25, -0.2) is 4.79 Å². The smallest absolute Gasteiger partial charge is 0.411 e. The van der Waals surface area contributed by atoms with Crippen molar-refractivity contribution in [3.63, 3.8) is 0 Å². The number of hydrogen-bond donors (Lipinski definition) is 2. The van der Waals surface area contributed by atoms with Crippen LogP contribution in [0.15, 0.2) is 71.6 Å². The summed E-state index contributed by atoms with van der Waals surface area (Å²) >= 11 is 1.41. The van der Waals surface area contributed by atoms with Gasteiger partial charge < -0.3 is 9.84 Å². The van der Waals surface area contributed by atoms with E-state index >= 15 is 0 Å². The number of carbonyl (C=O) groups excluding carboxylic acids is 1. The second-order valence-corrected chi connectivity index (χ2v) is 8.58. The number of nitrogens with one attached hydrogen (secondary N) is 1.